The van der Waals surface area contributed by atoms with Crippen LogP contribution in [0.2, 0.25) is 0 Å². The van der Waals surface area contributed by atoms with Crippen molar-refractivity contribution in [1.29, 1.82) is 0 Å². The molecule has 0 radical (unpaired) electrons. The Labute approximate surface area is 213 Å². The molecule has 2 aromatic carbocycles. The van der Waals surface area contributed by atoms with Gasteiger partial charge >= 0.3 is 5.97 Å². The van der Waals surface area contributed by atoms with Gasteiger partial charge in [-0.2, -0.15) is 0 Å². The Morgan fingerprint density at radius 2 is 1.78 bits per heavy atom. The molecule has 0 amide bonds. The lowest BCUT2D eigenvalue weighted by atomic mass is 9.81. The molecule has 36 heavy (non-hydrogen) atoms. The van der Waals surface area contributed by atoms with Gasteiger partial charge < -0.3 is 19.3 Å². The van der Waals surface area contributed by atoms with Crippen LogP contribution in [0.4, 0.5) is 5.69 Å². The van der Waals surface area contributed by atoms with Crippen molar-refractivity contribution in [1.82, 2.24) is 9.47 Å². The summed E-state index contributed by atoms with van der Waals surface area (Å²) >= 11 is 0. The van der Waals surface area contributed by atoms with Gasteiger partial charge in [0.1, 0.15) is 0 Å². The Kier molecular flexibility index (Phi) is 6.48. The fourth-order valence-corrected chi connectivity index (χ4v) is 6.60. The fourth-order valence-electron chi connectivity index (χ4n) is 6.60. The number of ether oxygens (including phenoxy) is 1. The molecule has 3 aliphatic rings. The van der Waals surface area contributed by atoms with E-state index in [1.165, 1.54) is 65.6 Å². The molecule has 1 N–H and O–H groups in total. The number of rotatable bonds is 5. The third kappa shape index (κ3) is 4.31. The number of aryl methyl sites for hydroxylation is 1. The normalized spacial score (nSPS) is 19.2. The molecule has 1 saturated carbocycles. The first-order chi connectivity index (χ1) is 17.6. The van der Waals surface area contributed by atoms with Crippen LogP contribution in [-0.2, 0) is 11.3 Å². The quantitative estimate of drug-likeness (QED) is 0.514. The lowest BCUT2D eigenvalue weighted by Gasteiger charge is -2.31. The van der Waals surface area contributed by atoms with E-state index < -0.39 is 5.97 Å². The van der Waals surface area contributed by atoms with E-state index in [0.717, 1.165) is 58.0 Å². The smallest absolute Gasteiger partial charge is 0.335 e. The van der Waals surface area contributed by atoms with E-state index in [-0.39, 0.29) is 0 Å². The van der Waals surface area contributed by atoms with Crippen LogP contribution in [0.3, 0.4) is 0 Å². The average Bonchev–Trinajstić information content (AvgIpc) is 3.14. The standard InChI is InChI=1S/C30H37N3O3/c1-21-7-9-25-26(19-21)32(12-11-31-15-17-36-18-16-31)13-14-33-27-20-23(30(34)35)8-10-24(27)28(29(25)33)22-5-3-2-4-6-22/h7-10,19-20,22H,2-6,11-18H2,1H3,(H,34,35). The minimum Gasteiger partial charge on any atom is -0.478 e. The monoisotopic (exact) mass is 487 g/mol. The second-order valence-electron chi connectivity index (χ2n) is 10.7. The first-order valence-electron chi connectivity index (χ1n) is 13.7. The maximum atomic E-state index is 11.9. The Morgan fingerprint density at radius 1 is 0.972 bits per heavy atom. The van der Waals surface area contributed by atoms with Gasteiger partial charge in [0.2, 0.25) is 0 Å². The van der Waals surface area contributed by atoms with Gasteiger partial charge in [-0.05, 0) is 55.0 Å². The SMILES string of the molecule is Cc1ccc2c(c1)N(CCN1CCOCC1)CCn1c-2c(C2CCCCC2)c2ccc(C(=O)O)cc21. The van der Waals surface area contributed by atoms with Crippen LogP contribution in [0.1, 0.15) is 59.5 Å². The van der Waals surface area contributed by atoms with E-state index >= 15 is 0 Å². The molecule has 2 fully saturated rings. The van der Waals surface area contributed by atoms with E-state index in [0.29, 0.717) is 11.5 Å². The molecule has 1 aliphatic carbocycles. The van der Waals surface area contributed by atoms with Crippen molar-refractivity contribution in [2.45, 2.75) is 51.5 Å². The molecular weight excluding hydrogens is 450 g/mol. The predicted octanol–water partition coefficient (Wildman–Crippen LogP) is 5.51. The zero-order valence-electron chi connectivity index (χ0n) is 21.3. The van der Waals surface area contributed by atoms with Gasteiger partial charge in [0.05, 0.1) is 24.5 Å². The first kappa shape index (κ1) is 23.6. The molecule has 6 nitrogen and oxygen atoms in total. The lowest BCUT2D eigenvalue weighted by Crippen LogP contribution is -2.42. The number of carbonyl (C=O) groups is 1. The summed E-state index contributed by atoms with van der Waals surface area (Å²) in [7, 11) is 0. The Morgan fingerprint density at radius 3 is 2.56 bits per heavy atom. The van der Waals surface area contributed by atoms with Gasteiger partial charge in [0.25, 0.3) is 0 Å². The van der Waals surface area contributed by atoms with Crippen molar-refractivity contribution in [2.24, 2.45) is 0 Å². The van der Waals surface area contributed by atoms with Gasteiger partial charge in [-0.1, -0.05) is 37.5 Å². The molecule has 0 atom stereocenters. The summed E-state index contributed by atoms with van der Waals surface area (Å²) in [6, 6.07) is 12.7. The van der Waals surface area contributed by atoms with Crippen molar-refractivity contribution in [3.63, 3.8) is 0 Å². The highest BCUT2D eigenvalue weighted by Gasteiger charge is 2.31. The van der Waals surface area contributed by atoms with Gasteiger partial charge in [-0.3, -0.25) is 4.90 Å². The molecule has 3 heterocycles. The van der Waals surface area contributed by atoms with Crippen LogP contribution in [0.5, 0.6) is 0 Å². The topological polar surface area (TPSA) is 57.9 Å². The van der Waals surface area contributed by atoms with Crippen LogP contribution >= 0.6 is 0 Å². The number of aromatic nitrogens is 1. The van der Waals surface area contributed by atoms with E-state index in [4.69, 9.17) is 4.74 Å². The molecular formula is C30H37N3O3. The minimum absolute atomic E-state index is 0.371. The summed E-state index contributed by atoms with van der Waals surface area (Å²) in [5.41, 5.74) is 8.11. The number of fused-ring (bicyclic) bond motifs is 5. The zero-order chi connectivity index (χ0) is 24.6. The maximum absolute atomic E-state index is 11.9. The first-order valence-corrected chi connectivity index (χ1v) is 13.7. The number of morpholine rings is 1. The van der Waals surface area contributed by atoms with Gasteiger partial charge in [-0.15, -0.1) is 0 Å². The van der Waals surface area contributed by atoms with E-state index in [9.17, 15) is 9.90 Å². The van der Waals surface area contributed by atoms with Crippen LogP contribution in [0.15, 0.2) is 36.4 Å². The summed E-state index contributed by atoms with van der Waals surface area (Å²) in [6.07, 6.45) is 6.30. The molecule has 0 bridgehead atoms. The third-order valence-electron chi connectivity index (χ3n) is 8.50. The number of anilines is 1. The number of carboxylic acid groups (broad SMARTS) is 1. The number of aromatic carboxylic acids is 1. The Balaban J connectivity index is 1.48. The lowest BCUT2D eigenvalue weighted by molar-refractivity contribution is 0.0391. The van der Waals surface area contributed by atoms with Gasteiger partial charge in [0, 0.05) is 61.4 Å². The third-order valence-corrected chi connectivity index (χ3v) is 8.50. The molecule has 3 aromatic rings. The van der Waals surface area contributed by atoms with Crippen molar-refractivity contribution < 1.29 is 14.6 Å². The van der Waals surface area contributed by atoms with Crippen molar-refractivity contribution in [2.75, 3.05) is 50.8 Å². The zero-order valence-corrected chi connectivity index (χ0v) is 21.3. The fraction of sp³-hybridized carbons (Fsp3) is 0.500. The summed E-state index contributed by atoms with van der Waals surface area (Å²) in [5, 5.41) is 11.0. The summed E-state index contributed by atoms with van der Waals surface area (Å²) in [4.78, 5) is 16.9. The number of hydrogen-bond donors (Lipinski definition) is 1. The molecule has 1 saturated heterocycles. The van der Waals surface area contributed by atoms with Crippen LogP contribution in [-0.4, -0.2) is 66.5 Å². The molecule has 1 aromatic heterocycles. The van der Waals surface area contributed by atoms with Crippen LogP contribution in [0, 0.1) is 6.92 Å². The van der Waals surface area contributed by atoms with Crippen LogP contribution in [0.25, 0.3) is 22.2 Å². The Hall–Kier alpha value is -2.83. The second-order valence-corrected chi connectivity index (χ2v) is 10.7. The van der Waals surface area contributed by atoms with E-state index in [1.807, 2.05) is 6.07 Å². The molecule has 2 aliphatic heterocycles. The largest absolute Gasteiger partial charge is 0.478 e. The highest BCUT2D eigenvalue weighted by atomic mass is 16.5. The number of nitrogens with zero attached hydrogens (tertiary/aromatic N) is 3. The summed E-state index contributed by atoms with van der Waals surface area (Å²) < 4.78 is 7.99. The van der Waals surface area contributed by atoms with Crippen molar-refractivity contribution in [3.8, 4) is 11.3 Å². The maximum Gasteiger partial charge on any atom is 0.335 e. The van der Waals surface area contributed by atoms with Crippen LogP contribution < -0.4 is 4.90 Å². The number of carboxylic acids is 1. The van der Waals surface area contributed by atoms with E-state index in [1.54, 1.807) is 6.07 Å². The predicted molar refractivity (Wildman–Crippen MR) is 144 cm³/mol. The number of hydrogen-bond acceptors (Lipinski definition) is 4. The van der Waals surface area contributed by atoms with Gasteiger partial charge in [-0.25, -0.2) is 4.79 Å². The highest BCUT2D eigenvalue weighted by molar-refractivity contribution is 5.99. The summed E-state index contributed by atoms with van der Waals surface area (Å²) in [5.74, 6) is -0.328. The summed E-state index contributed by atoms with van der Waals surface area (Å²) in [6.45, 7) is 9.63. The highest BCUT2D eigenvalue weighted by Crippen LogP contribution is 2.47. The molecule has 190 valence electrons. The van der Waals surface area contributed by atoms with Gasteiger partial charge in [0.15, 0.2) is 0 Å². The average molecular weight is 488 g/mol. The molecule has 6 rings (SSSR count). The molecule has 6 heteroatoms. The van der Waals surface area contributed by atoms with Crippen molar-refractivity contribution in [3.05, 3.63) is 53.1 Å². The minimum atomic E-state index is -0.858. The van der Waals surface area contributed by atoms with Crippen molar-refractivity contribution >= 4 is 22.6 Å². The molecule has 0 unspecified atom stereocenters. The van der Waals surface area contributed by atoms with E-state index in [2.05, 4.69) is 45.6 Å². The number of benzene rings is 2. The Bertz CT molecular complexity index is 1270. The molecule has 0 spiro atoms. The second kappa shape index (κ2) is 9.91.